The molecule has 0 radical (unpaired) electrons. The number of amides is 1. The van der Waals surface area contributed by atoms with Gasteiger partial charge >= 0.3 is 0 Å². The summed E-state index contributed by atoms with van der Waals surface area (Å²) in [4.78, 5) is 12.3. The largest absolute Gasteiger partial charge is 0.398 e. The van der Waals surface area contributed by atoms with Crippen LogP contribution in [0, 0.1) is 5.82 Å². The summed E-state index contributed by atoms with van der Waals surface area (Å²) in [5, 5.41) is 0. The van der Waals surface area contributed by atoms with Crippen LogP contribution in [-0.4, -0.2) is 39.9 Å². The lowest BCUT2D eigenvalue weighted by Gasteiger charge is -2.11. The van der Waals surface area contributed by atoms with Gasteiger partial charge < -0.3 is 10.6 Å². The number of hydrogen-bond donors (Lipinski definition) is 2. The van der Waals surface area contributed by atoms with Crippen molar-refractivity contribution in [2.45, 2.75) is 11.3 Å². The van der Waals surface area contributed by atoms with E-state index >= 15 is 0 Å². The summed E-state index contributed by atoms with van der Waals surface area (Å²) in [5.41, 5.74) is 5.45. The van der Waals surface area contributed by atoms with E-state index in [1.807, 2.05) is 0 Å². The molecule has 3 N–H and O–H groups in total. The molecule has 0 unspecified atom stereocenters. The summed E-state index contributed by atoms with van der Waals surface area (Å²) in [7, 11) is -0.779. The number of halogens is 1. The molecular formula is C11H16FN3O3S. The molecule has 0 saturated carbocycles. The van der Waals surface area contributed by atoms with Gasteiger partial charge in [-0.25, -0.2) is 17.5 Å². The number of hydrogen-bond acceptors (Lipinski definition) is 4. The van der Waals surface area contributed by atoms with Crippen LogP contribution >= 0.6 is 0 Å². The number of rotatable bonds is 5. The van der Waals surface area contributed by atoms with Crippen molar-refractivity contribution in [3.05, 3.63) is 24.0 Å². The third-order valence-electron chi connectivity index (χ3n) is 2.39. The SMILES string of the molecule is CN(C)C(=O)CCNS(=O)(=O)c1cc(F)ccc1N. The minimum absolute atomic E-state index is 0.0153. The lowest BCUT2D eigenvalue weighted by atomic mass is 10.3. The van der Waals surface area contributed by atoms with Gasteiger partial charge in [0.15, 0.2) is 0 Å². The van der Waals surface area contributed by atoms with Gasteiger partial charge in [0.1, 0.15) is 10.7 Å². The highest BCUT2D eigenvalue weighted by atomic mass is 32.2. The van der Waals surface area contributed by atoms with Crippen LogP contribution in [0.2, 0.25) is 0 Å². The summed E-state index contributed by atoms with van der Waals surface area (Å²) >= 11 is 0. The van der Waals surface area contributed by atoms with Crippen molar-refractivity contribution >= 4 is 21.6 Å². The molecule has 0 fully saturated rings. The Morgan fingerprint density at radius 1 is 1.42 bits per heavy atom. The number of carbonyl (C=O) groups is 1. The Hall–Kier alpha value is -1.67. The average molecular weight is 289 g/mol. The Bertz CT molecular complexity index is 573. The first-order chi connectivity index (χ1) is 8.74. The number of sulfonamides is 1. The van der Waals surface area contributed by atoms with Crippen LogP contribution in [0.15, 0.2) is 23.1 Å². The molecule has 0 atom stereocenters. The van der Waals surface area contributed by atoms with Crippen molar-refractivity contribution in [1.29, 1.82) is 0 Å². The van der Waals surface area contributed by atoms with Gasteiger partial charge in [-0.15, -0.1) is 0 Å². The van der Waals surface area contributed by atoms with E-state index in [-0.39, 0.29) is 29.5 Å². The van der Waals surface area contributed by atoms with E-state index in [0.717, 1.165) is 12.1 Å². The van der Waals surface area contributed by atoms with E-state index in [2.05, 4.69) is 4.72 Å². The number of nitrogens with one attached hydrogen (secondary N) is 1. The monoisotopic (exact) mass is 289 g/mol. The summed E-state index contributed by atoms with van der Waals surface area (Å²) in [6.07, 6.45) is 0.0153. The zero-order chi connectivity index (χ0) is 14.6. The zero-order valence-corrected chi connectivity index (χ0v) is 11.5. The van der Waals surface area contributed by atoms with Gasteiger partial charge in [0.05, 0.1) is 5.69 Å². The second-order valence-corrected chi connectivity index (χ2v) is 5.85. The predicted octanol–water partition coefficient (Wildman–Crippen LogP) is 0.164. The number of nitrogen functional groups attached to an aromatic ring is 1. The number of benzene rings is 1. The number of nitrogens with two attached hydrogens (primary N) is 1. The van der Waals surface area contributed by atoms with Crippen molar-refractivity contribution in [2.75, 3.05) is 26.4 Å². The molecule has 1 rings (SSSR count). The van der Waals surface area contributed by atoms with E-state index in [9.17, 15) is 17.6 Å². The van der Waals surface area contributed by atoms with Crippen molar-refractivity contribution < 1.29 is 17.6 Å². The van der Waals surface area contributed by atoms with Gasteiger partial charge in [0.2, 0.25) is 15.9 Å². The van der Waals surface area contributed by atoms with Gasteiger partial charge in [-0.1, -0.05) is 0 Å². The van der Waals surface area contributed by atoms with Crippen LogP contribution in [0.4, 0.5) is 10.1 Å². The Labute approximate surface area is 111 Å². The smallest absolute Gasteiger partial charge is 0.242 e. The van der Waals surface area contributed by atoms with E-state index in [4.69, 9.17) is 5.73 Å². The van der Waals surface area contributed by atoms with E-state index in [1.165, 1.54) is 11.0 Å². The molecule has 0 aromatic heterocycles. The quantitative estimate of drug-likeness (QED) is 0.755. The molecule has 19 heavy (non-hydrogen) atoms. The van der Waals surface area contributed by atoms with Crippen molar-refractivity contribution in [3.63, 3.8) is 0 Å². The molecule has 0 bridgehead atoms. The second kappa shape index (κ2) is 5.98. The zero-order valence-electron chi connectivity index (χ0n) is 10.7. The summed E-state index contributed by atoms with van der Waals surface area (Å²) in [5.74, 6) is -0.908. The first-order valence-corrected chi connectivity index (χ1v) is 6.97. The van der Waals surface area contributed by atoms with Gasteiger partial charge in [0, 0.05) is 27.1 Å². The molecule has 6 nitrogen and oxygen atoms in total. The standard InChI is InChI=1S/C11H16FN3O3S/c1-15(2)11(16)5-6-14-19(17,18)10-7-8(12)3-4-9(10)13/h3-4,7,14H,5-6,13H2,1-2H3. The number of anilines is 1. The van der Waals surface area contributed by atoms with Gasteiger partial charge in [-0.05, 0) is 18.2 Å². The van der Waals surface area contributed by atoms with Gasteiger partial charge in [0.25, 0.3) is 0 Å². The highest BCUT2D eigenvalue weighted by Crippen LogP contribution is 2.18. The normalized spacial score (nSPS) is 11.3. The fourth-order valence-corrected chi connectivity index (χ4v) is 2.51. The van der Waals surface area contributed by atoms with Crippen molar-refractivity contribution in [3.8, 4) is 0 Å². The molecular weight excluding hydrogens is 273 g/mol. The van der Waals surface area contributed by atoms with Crippen LogP contribution in [0.5, 0.6) is 0 Å². The van der Waals surface area contributed by atoms with Crippen LogP contribution in [0.25, 0.3) is 0 Å². The maximum absolute atomic E-state index is 13.0. The van der Waals surface area contributed by atoms with Gasteiger partial charge in [-0.3, -0.25) is 4.79 Å². The molecule has 0 aliphatic carbocycles. The van der Waals surface area contributed by atoms with Crippen LogP contribution < -0.4 is 10.5 Å². The Kier molecular flexibility index (Phi) is 4.84. The molecule has 0 saturated heterocycles. The first-order valence-electron chi connectivity index (χ1n) is 5.49. The highest BCUT2D eigenvalue weighted by molar-refractivity contribution is 7.89. The second-order valence-electron chi connectivity index (χ2n) is 4.12. The Balaban J connectivity index is 2.77. The maximum Gasteiger partial charge on any atom is 0.242 e. The lowest BCUT2D eigenvalue weighted by molar-refractivity contribution is -0.128. The van der Waals surface area contributed by atoms with Crippen molar-refractivity contribution in [2.24, 2.45) is 0 Å². The fourth-order valence-electron chi connectivity index (χ4n) is 1.33. The third-order valence-corrected chi connectivity index (χ3v) is 3.91. The minimum atomic E-state index is -3.92. The molecule has 0 aliphatic rings. The molecule has 0 aliphatic heterocycles. The minimum Gasteiger partial charge on any atom is -0.398 e. The van der Waals surface area contributed by atoms with E-state index in [0.29, 0.717) is 0 Å². The fraction of sp³-hybridized carbons (Fsp3) is 0.364. The highest BCUT2D eigenvalue weighted by Gasteiger charge is 2.18. The maximum atomic E-state index is 13.0. The molecule has 1 aromatic carbocycles. The van der Waals surface area contributed by atoms with Crippen LogP contribution in [-0.2, 0) is 14.8 Å². The average Bonchev–Trinajstić information content (AvgIpc) is 2.31. The molecule has 106 valence electrons. The number of nitrogens with zero attached hydrogens (tertiary/aromatic N) is 1. The number of carbonyl (C=O) groups excluding carboxylic acids is 1. The molecule has 1 amide bonds. The first kappa shape index (κ1) is 15.4. The molecule has 0 heterocycles. The predicted molar refractivity (Wildman–Crippen MR) is 69.3 cm³/mol. The molecule has 8 heteroatoms. The Morgan fingerprint density at radius 3 is 2.63 bits per heavy atom. The molecule has 1 aromatic rings. The Morgan fingerprint density at radius 2 is 2.05 bits per heavy atom. The lowest BCUT2D eigenvalue weighted by Crippen LogP contribution is -2.30. The van der Waals surface area contributed by atoms with E-state index in [1.54, 1.807) is 14.1 Å². The molecule has 0 spiro atoms. The third kappa shape index (κ3) is 4.18. The summed E-state index contributed by atoms with van der Waals surface area (Å²) in [6, 6.07) is 3.09. The van der Waals surface area contributed by atoms with Crippen LogP contribution in [0.3, 0.4) is 0 Å². The topological polar surface area (TPSA) is 92.5 Å². The van der Waals surface area contributed by atoms with Crippen molar-refractivity contribution in [1.82, 2.24) is 9.62 Å². The van der Waals surface area contributed by atoms with Crippen LogP contribution in [0.1, 0.15) is 6.42 Å². The summed E-state index contributed by atoms with van der Waals surface area (Å²) < 4.78 is 39.0. The summed E-state index contributed by atoms with van der Waals surface area (Å²) in [6.45, 7) is -0.0741. The van der Waals surface area contributed by atoms with Gasteiger partial charge in [-0.2, -0.15) is 0 Å². The van der Waals surface area contributed by atoms with E-state index < -0.39 is 15.8 Å².